The summed E-state index contributed by atoms with van der Waals surface area (Å²) in [7, 11) is 0. The lowest BCUT2D eigenvalue weighted by Gasteiger charge is -2.29. The molecule has 0 heterocycles. The van der Waals surface area contributed by atoms with Gasteiger partial charge in [0.05, 0.1) is 17.7 Å². The summed E-state index contributed by atoms with van der Waals surface area (Å²) in [4.78, 5) is 0. The number of ether oxygens (including phenoxy) is 1. The Morgan fingerprint density at radius 1 is 1.32 bits per heavy atom. The molecule has 0 atom stereocenters. The molecule has 19 heavy (non-hydrogen) atoms. The van der Waals surface area contributed by atoms with Crippen LogP contribution in [0.15, 0.2) is 18.2 Å². The zero-order valence-electron chi connectivity index (χ0n) is 11.3. The minimum atomic E-state index is -0.378. The number of nitrogens with one attached hydrogen (secondary N) is 1. The predicted octanol–water partition coefficient (Wildman–Crippen LogP) is 3.92. The van der Waals surface area contributed by atoms with E-state index in [0.29, 0.717) is 18.8 Å². The fourth-order valence-electron chi connectivity index (χ4n) is 2.57. The lowest BCUT2D eigenvalue weighted by Crippen LogP contribution is -2.35. The van der Waals surface area contributed by atoms with Crippen LogP contribution in [-0.2, 0) is 11.3 Å². The molecule has 1 saturated carbocycles. The smallest absolute Gasteiger partial charge is 0.141 e. The number of halogens is 2. The topological polar surface area (TPSA) is 21.3 Å². The van der Waals surface area contributed by atoms with Crippen LogP contribution < -0.4 is 5.32 Å². The third-order valence-electron chi connectivity index (χ3n) is 3.64. The molecule has 2 nitrogen and oxygen atoms in total. The van der Waals surface area contributed by atoms with Gasteiger partial charge in [0, 0.05) is 6.04 Å². The molecule has 0 bridgehead atoms. The van der Waals surface area contributed by atoms with Crippen molar-refractivity contribution in [3.05, 3.63) is 34.6 Å². The molecule has 1 fully saturated rings. The van der Waals surface area contributed by atoms with E-state index in [4.69, 9.17) is 16.3 Å². The Kier molecular flexibility index (Phi) is 5.61. The van der Waals surface area contributed by atoms with Gasteiger partial charge in [-0.1, -0.05) is 24.6 Å². The van der Waals surface area contributed by atoms with Crippen molar-refractivity contribution in [2.24, 2.45) is 0 Å². The van der Waals surface area contributed by atoms with Crippen LogP contribution in [0.25, 0.3) is 0 Å². The summed E-state index contributed by atoms with van der Waals surface area (Å²) < 4.78 is 18.9. The molecule has 0 spiro atoms. The fraction of sp³-hybridized carbons (Fsp3) is 0.600. The summed E-state index contributed by atoms with van der Waals surface area (Å²) in [5.41, 5.74) is 0.931. The molecule has 1 N–H and O–H groups in total. The van der Waals surface area contributed by atoms with Crippen LogP contribution in [0.4, 0.5) is 4.39 Å². The van der Waals surface area contributed by atoms with Gasteiger partial charge in [-0.15, -0.1) is 0 Å². The molecule has 0 saturated heterocycles. The van der Waals surface area contributed by atoms with Gasteiger partial charge in [0.25, 0.3) is 0 Å². The molecular formula is C15H21ClFNO. The number of hydrogen-bond acceptors (Lipinski definition) is 2. The maximum absolute atomic E-state index is 13.0. The van der Waals surface area contributed by atoms with Gasteiger partial charge in [0.2, 0.25) is 0 Å². The first-order valence-electron chi connectivity index (χ1n) is 6.98. The van der Waals surface area contributed by atoms with E-state index in [1.807, 2.05) is 0 Å². The molecule has 1 aromatic rings. The SMILES string of the molecule is CCNC1CCC(OCc2ccc(F)c(Cl)c2)CC1. The van der Waals surface area contributed by atoms with Gasteiger partial charge in [0.15, 0.2) is 0 Å². The maximum Gasteiger partial charge on any atom is 0.141 e. The first-order chi connectivity index (χ1) is 9.19. The number of hydrogen-bond donors (Lipinski definition) is 1. The monoisotopic (exact) mass is 285 g/mol. The minimum absolute atomic E-state index is 0.164. The third kappa shape index (κ3) is 4.44. The summed E-state index contributed by atoms with van der Waals surface area (Å²) in [6.45, 7) is 3.68. The molecule has 2 rings (SSSR count). The van der Waals surface area contributed by atoms with Crippen molar-refractivity contribution >= 4 is 11.6 Å². The highest BCUT2D eigenvalue weighted by molar-refractivity contribution is 6.30. The fourth-order valence-corrected chi connectivity index (χ4v) is 2.77. The second-order valence-corrected chi connectivity index (χ2v) is 5.50. The van der Waals surface area contributed by atoms with E-state index in [1.54, 1.807) is 12.1 Å². The van der Waals surface area contributed by atoms with Crippen molar-refractivity contribution in [3.63, 3.8) is 0 Å². The van der Waals surface area contributed by atoms with Crippen LogP contribution in [0.3, 0.4) is 0 Å². The van der Waals surface area contributed by atoms with Crippen molar-refractivity contribution in [1.29, 1.82) is 0 Å². The first-order valence-corrected chi connectivity index (χ1v) is 7.35. The van der Waals surface area contributed by atoms with Gasteiger partial charge in [-0.2, -0.15) is 0 Å². The van der Waals surface area contributed by atoms with Crippen molar-refractivity contribution in [3.8, 4) is 0 Å². The first kappa shape index (κ1) is 14.8. The maximum atomic E-state index is 13.0. The number of benzene rings is 1. The largest absolute Gasteiger partial charge is 0.374 e. The molecule has 1 aliphatic carbocycles. The second-order valence-electron chi connectivity index (χ2n) is 5.09. The molecule has 0 unspecified atom stereocenters. The Labute approximate surface area is 119 Å². The molecular weight excluding hydrogens is 265 g/mol. The average Bonchev–Trinajstić information content (AvgIpc) is 2.42. The summed E-state index contributed by atoms with van der Waals surface area (Å²) in [6, 6.07) is 5.40. The lowest BCUT2D eigenvalue weighted by molar-refractivity contribution is 0.0114. The van der Waals surface area contributed by atoms with Crippen molar-refractivity contribution in [2.45, 2.75) is 51.4 Å². The van der Waals surface area contributed by atoms with Gasteiger partial charge in [-0.05, 0) is 49.9 Å². The molecule has 0 aliphatic heterocycles. The van der Waals surface area contributed by atoms with E-state index in [-0.39, 0.29) is 10.8 Å². The lowest BCUT2D eigenvalue weighted by atomic mass is 9.93. The molecule has 0 aromatic heterocycles. The zero-order valence-corrected chi connectivity index (χ0v) is 12.0. The van der Waals surface area contributed by atoms with Crippen LogP contribution in [0.2, 0.25) is 5.02 Å². The molecule has 0 radical (unpaired) electrons. The molecule has 0 amide bonds. The van der Waals surface area contributed by atoms with Crippen molar-refractivity contribution in [2.75, 3.05) is 6.54 Å². The Morgan fingerprint density at radius 3 is 2.68 bits per heavy atom. The van der Waals surface area contributed by atoms with Gasteiger partial charge >= 0.3 is 0 Å². The zero-order chi connectivity index (χ0) is 13.7. The summed E-state index contributed by atoms with van der Waals surface area (Å²) >= 11 is 5.75. The van der Waals surface area contributed by atoms with Crippen molar-refractivity contribution in [1.82, 2.24) is 5.32 Å². The quantitative estimate of drug-likeness (QED) is 0.885. The molecule has 4 heteroatoms. The van der Waals surface area contributed by atoms with Gasteiger partial charge in [-0.25, -0.2) is 4.39 Å². The van der Waals surface area contributed by atoms with Crippen LogP contribution in [0, 0.1) is 5.82 Å². The van der Waals surface area contributed by atoms with Crippen LogP contribution in [-0.4, -0.2) is 18.7 Å². The normalized spacial score (nSPS) is 23.5. The summed E-state index contributed by atoms with van der Waals surface area (Å²) in [5, 5.41) is 3.64. The van der Waals surface area contributed by atoms with Crippen LogP contribution in [0.1, 0.15) is 38.2 Å². The second kappa shape index (κ2) is 7.22. The Bertz CT molecular complexity index is 405. The minimum Gasteiger partial charge on any atom is -0.374 e. The van der Waals surface area contributed by atoms with Crippen LogP contribution in [0.5, 0.6) is 0 Å². The third-order valence-corrected chi connectivity index (χ3v) is 3.93. The Hall–Kier alpha value is -0.640. The highest BCUT2D eigenvalue weighted by Crippen LogP contribution is 2.23. The van der Waals surface area contributed by atoms with E-state index < -0.39 is 0 Å². The highest BCUT2D eigenvalue weighted by atomic mass is 35.5. The van der Waals surface area contributed by atoms with Gasteiger partial charge < -0.3 is 10.1 Å². The van der Waals surface area contributed by atoms with E-state index in [9.17, 15) is 4.39 Å². The Morgan fingerprint density at radius 2 is 2.05 bits per heavy atom. The standard InChI is InChI=1S/C15H21ClFNO/c1-2-18-12-4-6-13(7-5-12)19-10-11-3-8-15(17)14(16)9-11/h3,8-9,12-13,18H,2,4-7,10H2,1H3. The van der Waals surface area contributed by atoms with E-state index in [1.165, 1.54) is 18.9 Å². The highest BCUT2D eigenvalue weighted by Gasteiger charge is 2.20. The predicted molar refractivity (Wildman–Crippen MR) is 75.9 cm³/mol. The summed E-state index contributed by atoms with van der Waals surface area (Å²) in [6.07, 6.45) is 4.84. The van der Waals surface area contributed by atoms with Gasteiger partial charge in [0.1, 0.15) is 5.82 Å². The summed E-state index contributed by atoms with van der Waals surface area (Å²) in [5.74, 6) is -0.378. The van der Waals surface area contributed by atoms with E-state index >= 15 is 0 Å². The van der Waals surface area contributed by atoms with Crippen molar-refractivity contribution < 1.29 is 9.13 Å². The molecule has 106 valence electrons. The molecule has 1 aliphatic rings. The molecule has 1 aromatic carbocycles. The number of rotatable bonds is 5. The van der Waals surface area contributed by atoms with Crippen LogP contribution >= 0.6 is 11.6 Å². The van der Waals surface area contributed by atoms with Gasteiger partial charge in [-0.3, -0.25) is 0 Å². The van der Waals surface area contributed by atoms with E-state index in [2.05, 4.69) is 12.2 Å². The Balaban J connectivity index is 1.75. The van der Waals surface area contributed by atoms with E-state index in [0.717, 1.165) is 24.9 Å². The average molecular weight is 286 g/mol.